The van der Waals surface area contributed by atoms with Crippen molar-refractivity contribution in [3.05, 3.63) is 0 Å². The Morgan fingerprint density at radius 1 is 1.57 bits per heavy atom. The zero-order chi connectivity index (χ0) is 4.28. The monoisotopic (exact) mass is 150 g/mol. The van der Waals surface area contributed by atoms with Gasteiger partial charge in [-0.05, 0) is 0 Å². The quantitative estimate of drug-likeness (QED) is 0.449. The van der Waals surface area contributed by atoms with Gasteiger partial charge in [0.1, 0.15) is 6.61 Å². The van der Waals surface area contributed by atoms with Crippen LogP contribution in [0.2, 0.25) is 0 Å². The van der Waals surface area contributed by atoms with E-state index in [9.17, 15) is 0 Å². The van der Waals surface area contributed by atoms with Crippen molar-refractivity contribution >= 4 is 70.8 Å². The third-order valence-electron chi connectivity index (χ3n) is 0.135. The third kappa shape index (κ3) is 18.6. The Balaban J connectivity index is -0.0000000800. The average molecular weight is 150 g/mol. The molecule has 0 aliphatic carbocycles. The molecule has 5 heteroatoms. The van der Waals surface area contributed by atoms with Gasteiger partial charge in [-0.1, -0.05) is 0 Å². The summed E-state index contributed by atoms with van der Waals surface area (Å²) in [5.74, 6) is -1.19. The molecule has 0 saturated carbocycles. The van der Waals surface area contributed by atoms with E-state index in [0.29, 0.717) is 0 Å². The second-order valence-corrected chi connectivity index (χ2v) is 0.552. The van der Waals surface area contributed by atoms with Crippen LogP contribution in [0.4, 0.5) is 0 Å². The molecule has 40 valence electrons. The number of carbonyl (C=O) groups is 1. The fourth-order valence-corrected chi connectivity index (χ4v) is 0. The zero-order valence-electron chi connectivity index (χ0n) is 3.01. The van der Waals surface area contributed by atoms with E-state index in [1.807, 2.05) is 0 Å². The SMILES string of the molecule is O=C(O)CO.S.[KH]. The molecule has 0 amide bonds. The molecule has 0 aromatic rings. The first-order valence-corrected chi connectivity index (χ1v) is 1.10. The van der Waals surface area contributed by atoms with Crippen molar-refractivity contribution in [2.45, 2.75) is 0 Å². The number of aliphatic hydroxyl groups is 1. The molecule has 0 aromatic heterocycles. The summed E-state index contributed by atoms with van der Waals surface area (Å²) >= 11 is 0. The number of hydrogen-bond acceptors (Lipinski definition) is 2. The van der Waals surface area contributed by atoms with Crippen molar-refractivity contribution in [2.24, 2.45) is 0 Å². The van der Waals surface area contributed by atoms with Crippen molar-refractivity contribution in [2.75, 3.05) is 6.61 Å². The molecule has 0 heterocycles. The van der Waals surface area contributed by atoms with Gasteiger partial charge in [-0.25, -0.2) is 4.79 Å². The number of carboxylic acid groups (broad SMARTS) is 1. The van der Waals surface area contributed by atoms with Crippen LogP contribution in [-0.2, 0) is 4.79 Å². The van der Waals surface area contributed by atoms with Gasteiger partial charge in [0.15, 0.2) is 0 Å². The normalized spacial score (nSPS) is 5.29. The van der Waals surface area contributed by atoms with Crippen molar-refractivity contribution < 1.29 is 15.0 Å². The number of aliphatic hydroxyl groups excluding tert-OH is 1. The number of rotatable bonds is 1. The van der Waals surface area contributed by atoms with Gasteiger partial charge in [-0.3, -0.25) is 0 Å². The molecule has 0 unspecified atom stereocenters. The summed E-state index contributed by atoms with van der Waals surface area (Å²) in [5, 5.41) is 15.0. The second kappa shape index (κ2) is 10.4. The molecule has 2 N–H and O–H groups in total. The Morgan fingerprint density at radius 2 is 1.71 bits per heavy atom. The standard InChI is InChI=1S/C2H4O3.K.H2S.H/c3-1-2(4)5;;;/h3H,1H2,(H,4,5);;1H2;. The summed E-state index contributed by atoms with van der Waals surface area (Å²) in [7, 11) is 0. The maximum atomic E-state index is 9.12. The Bertz CT molecular complexity index is 48.2. The van der Waals surface area contributed by atoms with Gasteiger partial charge in [-0.15, -0.1) is 0 Å². The van der Waals surface area contributed by atoms with Crippen LogP contribution in [-0.4, -0.2) is 74.2 Å². The summed E-state index contributed by atoms with van der Waals surface area (Å²) in [6.45, 7) is -0.778. The number of aliphatic carboxylic acids is 1. The van der Waals surface area contributed by atoms with E-state index in [2.05, 4.69) is 0 Å². The summed E-state index contributed by atoms with van der Waals surface area (Å²) < 4.78 is 0. The molecule has 0 aliphatic heterocycles. The fourth-order valence-electron chi connectivity index (χ4n) is 0. The first kappa shape index (κ1) is 15.8. The van der Waals surface area contributed by atoms with Gasteiger partial charge >= 0.3 is 57.4 Å². The predicted octanol–water partition coefficient (Wildman–Crippen LogP) is -1.47. The minimum atomic E-state index is -1.19. The summed E-state index contributed by atoms with van der Waals surface area (Å²) in [4.78, 5) is 9.12. The Kier molecular flexibility index (Phi) is 23.5. The van der Waals surface area contributed by atoms with Gasteiger partial charge in [0, 0.05) is 0 Å². The molecule has 0 saturated heterocycles. The average Bonchev–Trinajstić information content (AvgIpc) is 1.38. The van der Waals surface area contributed by atoms with Crippen LogP contribution in [0.15, 0.2) is 0 Å². The van der Waals surface area contributed by atoms with E-state index in [4.69, 9.17) is 15.0 Å². The van der Waals surface area contributed by atoms with Crippen LogP contribution < -0.4 is 0 Å². The third-order valence-corrected chi connectivity index (χ3v) is 0.135. The molecule has 7 heavy (non-hydrogen) atoms. The van der Waals surface area contributed by atoms with Crippen LogP contribution in [0.3, 0.4) is 0 Å². The fraction of sp³-hybridized carbons (Fsp3) is 0.500. The molecule has 0 radical (unpaired) electrons. The topological polar surface area (TPSA) is 57.5 Å². The molecule has 0 atom stereocenters. The van der Waals surface area contributed by atoms with Crippen LogP contribution in [0.25, 0.3) is 0 Å². The Hall–Kier alpha value is 1.42. The summed E-state index contributed by atoms with van der Waals surface area (Å²) in [6.07, 6.45) is 0. The summed E-state index contributed by atoms with van der Waals surface area (Å²) in [6, 6.07) is 0. The van der Waals surface area contributed by atoms with Crippen molar-refractivity contribution in [3.63, 3.8) is 0 Å². The van der Waals surface area contributed by atoms with E-state index < -0.39 is 12.6 Å². The van der Waals surface area contributed by atoms with Gasteiger partial charge < -0.3 is 10.2 Å². The van der Waals surface area contributed by atoms with Crippen LogP contribution in [0.1, 0.15) is 0 Å². The molecule has 0 rings (SSSR count). The van der Waals surface area contributed by atoms with Crippen molar-refractivity contribution in [1.82, 2.24) is 0 Å². The van der Waals surface area contributed by atoms with Gasteiger partial charge in [0.2, 0.25) is 0 Å². The molecule has 3 nitrogen and oxygen atoms in total. The van der Waals surface area contributed by atoms with Crippen LogP contribution in [0, 0.1) is 0 Å². The first-order chi connectivity index (χ1) is 2.27. The molecular formula is C2H7KO3S. The number of carboxylic acids is 1. The molecule has 0 bridgehead atoms. The predicted molar refractivity (Wildman–Crippen MR) is 32.3 cm³/mol. The Morgan fingerprint density at radius 3 is 1.71 bits per heavy atom. The van der Waals surface area contributed by atoms with E-state index in [-0.39, 0.29) is 64.9 Å². The van der Waals surface area contributed by atoms with E-state index in [0.717, 1.165) is 0 Å². The van der Waals surface area contributed by atoms with Crippen LogP contribution >= 0.6 is 13.5 Å². The van der Waals surface area contributed by atoms with Gasteiger partial charge in [0.25, 0.3) is 0 Å². The van der Waals surface area contributed by atoms with Gasteiger partial charge in [-0.2, -0.15) is 13.5 Å². The molecule has 0 spiro atoms. The second-order valence-electron chi connectivity index (χ2n) is 0.552. The summed E-state index contributed by atoms with van der Waals surface area (Å²) in [5.41, 5.74) is 0. The first-order valence-electron chi connectivity index (χ1n) is 1.10. The zero-order valence-corrected chi connectivity index (χ0v) is 4.01. The molecule has 0 aromatic carbocycles. The number of hydrogen-bond donors (Lipinski definition) is 2. The van der Waals surface area contributed by atoms with Crippen molar-refractivity contribution in [3.8, 4) is 0 Å². The van der Waals surface area contributed by atoms with Crippen LogP contribution in [0.5, 0.6) is 0 Å². The van der Waals surface area contributed by atoms with E-state index in [1.54, 1.807) is 0 Å². The molecular weight excluding hydrogens is 143 g/mol. The van der Waals surface area contributed by atoms with Crippen molar-refractivity contribution in [1.29, 1.82) is 0 Å². The molecule has 0 aliphatic rings. The minimum absolute atomic E-state index is 0. The van der Waals surface area contributed by atoms with Gasteiger partial charge in [0.05, 0.1) is 0 Å². The maximum absolute atomic E-state index is 9.12. The Labute approximate surface area is 91.0 Å². The molecule has 0 fully saturated rings. The van der Waals surface area contributed by atoms with E-state index in [1.165, 1.54) is 0 Å². The van der Waals surface area contributed by atoms with E-state index >= 15 is 0 Å².